The molecule has 3 N–H and O–H groups in total. The number of nitrogens with two attached hydrogens (primary N) is 1. The molecule has 0 aliphatic carbocycles. The SMILES string of the molecule is CCCC1CC(O)=C(Cc2cccc(N)c2)C(=O)O1. The lowest BCUT2D eigenvalue weighted by Gasteiger charge is -2.24. The normalized spacial score (nSPS) is 19.4. The molecule has 2 rings (SSSR count). The standard InChI is InChI=1S/C15H19NO3/c1-2-4-12-9-14(17)13(15(18)19-12)8-10-5-3-6-11(16)7-10/h3,5-7,12,17H,2,4,8-9,16H2,1H3. The van der Waals surface area contributed by atoms with E-state index in [0.717, 1.165) is 18.4 Å². The average Bonchev–Trinajstić information content (AvgIpc) is 2.34. The molecule has 0 bridgehead atoms. The fourth-order valence-electron chi connectivity index (χ4n) is 2.29. The Morgan fingerprint density at radius 1 is 1.47 bits per heavy atom. The van der Waals surface area contributed by atoms with E-state index in [9.17, 15) is 9.90 Å². The lowest BCUT2D eigenvalue weighted by molar-refractivity contribution is -0.147. The number of carbonyl (C=O) groups excluding carboxylic acids is 1. The molecule has 1 heterocycles. The molecule has 0 saturated heterocycles. The monoisotopic (exact) mass is 261 g/mol. The first-order chi connectivity index (χ1) is 9.10. The smallest absolute Gasteiger partial charge is 0.338 e. The first-order valence-corrected chi connectivity index (χ1v) is 6.56. The van der Waals surface area contributed by atoms with Gasteiger partial charge in [0, 0.05) is 18.5 Å². The van der Waals surface area contributed by atoms with Gasteiger partial charge in [0.25, 0.3) is 0 Å². The van der Waals surface area contributed by atoms with Crippen LogP contribution >= 0.6 is 0 Å². The van der Waals surface area contributed by atoms with Crippen molar-refractivity contribution in [2.24, 2.45) is 0 Å². The van der Waals surface area contributed by atoms with Crippen LogP contribution in [0.5, 0.6) is 0 Å². The number of carbonyl (C=O) groups is 1. The van der Waals surface area contributed by atoms with Crippen LogP contribution in [0.1, 0.15) is 31.7 Å². The summed E-state index contributed by atoms with van der Waals surface area (Å²) in [7, 11) is 0. The molecule has 1 aliphatic heterocycles. The van der Waals surface area contributed by atoms with Gasteiger partial charge in [-0.2, -0.15) is 0 Å². The van der Waals surface area contributed by atoms with Gasteiger partial charge >= 0.3 is 5.97 Å². The number of nitrogen functional groups attached to an aromatic ring is 1. The van der Waals surface area contributed by atoms with Gasteiger partial charge in [0.15, 0.2) is 0 Å². The molecule has 4 heteroatoms. The molecule has 0 radical (unpaired) electrons. The number of esters is 1. The molecule has 0 saturated carbocycles. The Hall–Kier alpha value is -1.97. The predicted octanol–water partition coefficient (Wildman–Crippen LogP) is 2.74. The zero-order chi connectivity index (χ0) is 13.8. The summed E-state index contributed by atoms with van der Waals surface area (Å²) < 4.78 is 5.32. The van der Waals surface area contributed by atoms with Crippen LogP contribution in [0.25, 0.3) is 0 Å². The highest BCUT2D eigenvalue weighted by atomic mass is 16.5. The minimum atomic E-state index is -0.412. The molecule has 0 fully saturated rings. The Morgan fingerprint density at radius 3 is 2.89 bits per heavy atom. The van der Waals surface area contributed by atoms with Crippen LogP contribution in [0.4, 0.5) is 5.69 Å². The number of benzene rings is 1. The third kappa shape index (κ3) is 3.28. The summed E-state index contributed by atoms with van der Waals surface area (Å²) in [6.07, 6.45) is 2.28. The maximum Gasteiger partial charge on any atom is 0.338 e. The molecule has 0 amide bonds. The summed E-state index contributed by atoms with van der Waals surface area (Å²) in [5, 5.41) is 10.0. The molecule has 0 spiro atoms. The van der Waals surface area contributed by atoms with Crippen molar-refractivity contribution in [3.05, 3.63) is 41.2 Å². The Morgan fingerprint density at radius 2 is 2.26 bits per heavy atom. The van der Waals surface area contributed by atoms with E-state index >= 15 is 0 Å². The van der Waals surface area contributed by atoms with Crippen molar-refractivity contribution in [2.75, 3.05) is 5.73 Å². The van der Waals surface area contributed by atoms with Crippen LogP contribution in [-0.4, -0.2) is 17.2 Å². The molecule has 1 unspecified atom stereocenters. The molecule has 1 aromatic carbocycles. The summed E-state index contributed by atoms with van der Waals surface area (Å²) in [6.45, 7) is 2.02. The van der Waals surface area contributed by atoms with Gasteiger partial charge in [0.1, 0.15) is 11.9 Å². The maximum atomic E-state index is 11.9. The minimum Gasteiger partial charge on any atom is -0.512 e. The number of rotatable bonds is 4. The molecular formula is C15H19NO3. The summed E-state index contributed by atoms with van der Waals surface area (Å²) in [4.78, 5) is 11.9. The number of anilines is 1. The summed E-state index contributed by atoms with van der Waals surface area (Å²) in [5.74, 6) is -0.262. The topological polar surface area (TPSA) is 72.5 Å². The van der Waals surface area contributed by atoms with E-state index in [0.29, 0.717) is 24.1 Å². The van der Waals surface area contributed by atoms with E-state index in [-0.39, 0.29) is 11.9 Å². The van der Waals surface area contributed by atoms with Crippen LogP contribution in [0.2, 0.25) is 0 Å². The Bertz CT molecular complexity index is 508. The van der Waals surface area contributed by atoms with Gasteiger partial charge in [-0.3, -0.25) is 0 Å². The first kappa shape index (κ1) is 13.5. The second-order valence-corrected chi connectivity index (χ2v) is 4.87. The number of aliphatic hydroxyl groups is 1. The van der Waals surface area contributed by atoms with Gasteiger partial charge < -0.3 is 15.6 Å². The minimum absolute atomic E-state index is 0.150. The fraction of sp³-hybridized carbons (Fsp3) is 0.400. The van der Waals surface area contributed by atoms with Crippen molar-refractivity contribution in [1.82, 2.24) is 0 Å². The number of aliphatic hydroxyl groups excluding tert-OH is 1. The molecule has 1 aromatic rings. The van der Waals surface area contributed by atoms with E-state index < -0.39 is 5.97 Å². The van der Waals surface area contributed by atoms with Crippen LogP contribution in [0.3, 0.4) is 0 Å². The molecule has 102 valence electrons. The maximum absolute atomic E-state index is 11.9. The summed E-state index contributed by atoms with van der Waals surface area (Å²) >= 11 is 0. The van der Waals surface area contributed by atoms with Crippen LogP contribution < -0.4 is 5.73 Å². The zero-order valence-corrected chi connectivity index (χ0v) is 11.1. The number of hydrogen-bond donors (Lipinski definition) is 2. The van der Waals surface area contributed by atoms with Crippen molar-refractivity contribution >= 4 is 11.7 Å². The number of ether oxygens (including phenoxy) is 1. The van der Waals surface area contributed by atoms with Gasteiger partial charge in [-0.15, -0.1) is 0 Å². The molecule has 4 nitrogen and oxygen atoms in total. The van der Waals surface area contributed by atoms with E-state index in [4.69, 9.17) is 10.5 Å². The lowest BCUT2D eigenvalue weighted by atomic mass is 9.98. The lowest BCUT2D eigenvalue weighted by Crippen LogP contribution is -2.27. The summed E-state index contributed by atoms with van der Waals surface area (Å²) in [6, 6.07) is 7.29. The van der Waals surface area contributed by atoms with Gasteiger partial charge in [-0.05, 0) is 24.1 Å². The third-order valence-electron chi connectivity index (χ3n) is 3.23. The van der Waals surface area contributed by atoms with Crippen LogP contribution in [-0.2, 0) is 16.0 Å². The number of hydrogen-bond acceptors (Lipinski definition) is 4. The molecule has 19 heavy (non-hydrogen) atoms. The number of cyclic esters (lactones) is 1. The van der Waals surface area contributed by atoms with E-state index in [1.807, 2.05) is 19.1 Å². The zero-order valence-electron chi connectivity index (χ0n) is 11.1. The van der Waals surface area contributed by atoms with Gasteiger partial charge in [-0.1, -0.05) is 25.5 Å². The van der Waals surface area contributed by atoms with E-state index in [1.54, 1.807) is 12.1 Å². The van der Waals surface area contributed by atoms with E-state index in [2.05, 4.69) is 0 Å². The average molecular weight is 261 g/mol. The fourth-order valence-corrected chi connectivity index (χ4v) is 2.29. The third-order valence-corrected chi connectivity index (χ3v) is 3.23. The van der Waals surface area contributed by atoms with Crippen LogP contribution in [0, 0.1) is 0 Å². The Labute approximate surface area is 112 Å². The Kier molecular flexibility index (Phi) is 4.10. The molecule has 1 atom stereocenters. The van der Waals surface area contributed by atoms with Crippen molar-refractivity contribution in [3.63, 3.8) is 0 Å². The molecular weight excluding hydrogens is 242 g/mol. The highest BCUT2D eigenvalue weighted by molar-refractivity contribution is 5.90. The van der Waals surface area contributed by atoms with Crippen molar-refractivity contribution in [2.45, 2.75) is 38.7 Å². The quantitative estimate of drug-likeness (QED) is 0.645. The van der Waals surface area contributed by atoms with E-state index in [1.165, 1.54) is 0 Å². The van der Waals surface area contributed by atoms with Crippen molar-refractivity contribution in [3.8, 4) is 0 Å². The second kappa shape index (κ2) is 5.78. The highest BCUT2D eigenvalue weighted by Gasteiger charge is 2.28. The van der Waals surface area contributed by atoms with Crippen molar-refractivity contribution < 1.29 is 14.6 Å². The largest absolute Gasteiger partial charge is 0.512 e. The highest BCUT2D eigenvalue weighted by Crippen LogP contribution is 2.25. The second-order valence-electron chi connectivity index (χ2n) is 4.87. The predicted molar refractivity (Wildman–Crippen MR) is 73.6 cm³/mol. The molecule has 0 aromatic heterocycles. The Balaban J connectivity index is 2.15. The van der Waals surface area contributed by atoms with Crippen molar-refractivity contribution in [1.29, 1.82) is 0 Å². The molecule has 1 aliphatic rings. The van der Waals surface area contributed by atoms with Gasteiger partial charge in [0.05, 0.1) is 5.57 Å². The first-order valence-electron chi connectivity index (χ1n) is 6.56. The van der Waals surface area contributed by atoms with Gasteiger partial charge in [0.2, 0.25) is 0 Å². The van der Waals surface area contributed by atoms with Gasteiger partial charge in [-0.25, -0.2) is 4.79 Å². The summed E-state index contributed by atoms with van der Waals surface area (Å²) in [5.41, 5.74) is 7.59. The van der Waals surface area contributed by atoms with Crippen LogP contribution in [0.15, 0.2) is 35.6 Å².